The summed E-state index contributed by atoms with van der Waals surface area (Å²) in [6.07, 6.45) is 68.3. The highest BCUT2D eigenvalue weighted by atomic mass is 16.7. The summed E-state index contributed by atoms with van der Waals surface area (Å²) in [7, 11) is 0. The number of hydrogen-bond acceptors (Lipinski definition) is 8. The molecule has 0 aromatic carbocycles. The fraction of sp³-hybridized carbons (Fsp3) is 0.896. The SMILES string of the molecule is CCCCCCCCCCCCCC/C=C/CC/C=C/C(O)C(COC1OC(CO)C(O)C(O)C1O)NC(=O)CCCCCCCCCCCCCCCCCCC/C=C\CCCCCCCCCCCCCCCC. The van der Waals surface area contributed by atoms with Gasteiger partial charge in [-0.15, -0.1) is 0 Å². The van der Waals surface area contributed by atoms with E-state index in [1.165, 1.54) is 270 Å². The molecule has 0 spiro atoms. The van der Waals surface area contributed by atoms with Gasteiger partial charge in [0.1, 0.15) is 24.4 Å². The van der Waals surface area contributed by atoms with Crippen LogP contribution in [0.1, 0.15) is 328 Å². The molecule has 1 aliphatic heterocycles. The summed E-state index contributed by atoms with van der Waals surface area (Å²) in [4.78, 5) is 13.1. The third kappa shape index (κ3) is 45.2. The normalized spacial score (nSPS) is 19.0. The van der Waals surface area contributed by atoms with Gasteiger partial charge in [0.05, 0.1) is 25.4 Å². The van der Waals surface area contributed by atoms with Crippen LogP contribution in [-0.2, 0) is 14.3 Å². The molecule has 0 saturated carbocycles. The number of carbonyl (C=O) groups excluding carboxylic acids is 1. The maximum atomic E-state index is 13.1. The van der Waals surface area contributed by atoms with E-state index in [1.54, 1.807) is 6.08 Å². The zero-order valence-electron chi connectivity index (χ0n) is 50.0. The molecule has 6 N–H and O–H groups in total. The van der Waals surface area contributed by atoms with E-state index in [0.717, 1.165) is 38.5 Å². The van der Waals surface area contributed by atoms with Gasteiger partial charge in [0, 0.05) is 6.42 Å². The molecule has 1 aliphatic rings. The van der Waals surface area contributed by atoms with Crippen LogP contribution in [0.15, 0.2) is 36.5 Å². The number of unbranched alkanes of at least 4 members (excludes halogenated alkanes) is 44. The van der Waals surface area contributed by atoms with Crippen molar-refractivity contribution in [3.05, 3.63) is 36.5 Å². The van der Waals surface area contributed by atoms with Crippen molar-refractivity contribution in [2.24, 2.45) is 0 Å². The number of amides is 1. The van der Waals surface area contributed by atoms with Crippen LogP contribution in [0.2, 0.25) is 0 Å². The summed E-state index contributed by atoms with van der Waals surface area (Å²) >= 11 is 0. The van der Waals surface area contributed by atoms with Gasteiger partial charge in [-0.2, -0.15) is 0 Å². The summed E-state index contributed by atoms with van der Waals surface area (Å²) in [6.45, 7) is 3.80. The molecule has 7 atom stereocenters. The smallest absolute Gasteiger partial charge is 0.220 e. The molecular weight excluding hydrogens is 947 g/mol. The molecule has 9 nitrogen and oxygen atoms in total. The summed E-state index contributed by atoms with van der Waals surface area (Å²) in [5.41, 5.74) is 0. The molecule has 1 saturated heterocycles. The Labute approximate surface area is 470 Å². The molecule has 1 heterocycles. The zero-order valence-corrected chi connectivity index (χ0v) is 50.0. The third-order valence-corrected chi connectivity index (χ3v) is 15.9. The summed E-state index contributed by atoms with van der Waals surface area (Å²) in [5.74, 6) is -0.181. The van der Waals surface area contributed by atoms with E-state index in [-0.39, 0.29) is 12.5 Å². The van der Waals surface area contributed by atoms with Gasteiger partial charge in [0.15, 0.2) is 6.29 Å². The Balaban J connectivity index is 2.10. The first-order valence-corrected chi connectivity index (χ1v) is 33.2. The molecule has 0 bridgehead atoms. The first-order valence-electron chi connectivity index (χ1n) is 33.2. The standard InChI is InChI=1S/C67H127NO8/c1-3-5-7-9-11-13-15-17-19-21-23-24-25-26-27-28-29-30-31-32-33-34-35-36-37-38-39-41-43-45-47-49-51-53-55-57-63(71)68-60(59-75-67-66(74)65(73)64(72)62(58-69)76-67)61(70)56-54-52-50-48-46-44-42-40-22-20-18-16-14-12-10-8-6-4-2/h28-29,46,48,54,56,60-62,64-67,69-70,72-74H,3-27,30-45,47,49-53,55,57-59H2,1-2H3,(H,68,71)/b29-28-,48-46+,56-54+. The Morgan fingerprint density at radius 3 is 1.11 bits per heavy atom. The van der Waals surface area contributed by atoms with Crippen molar-refractivity contribution in [1.82, 2.24) is 5.32 Å². The number of ether oxygens (including phenoxy) is 2. The fourth-order valence-electron chi connectivity index (χ4n) is 10.7. The highest BCUT2D eigenvalue weighted by Gasteiger charge is 2.44. The van der Waals surface area contributed by atoms with Crippen molar-refractivity contribution in [2.45, 2.75) is 371 Å². The maximum Gasteiger partial charge on any atom is 0.220 e. The summed E-state index contributed by atoms with van der Waals surface area (Å²) in [6, 6.07) is -0.821. The molecule has 9 heteroatoms. The largest absolute Gasteiger partial charge is 0.394 e. The summed E-state index contributed by atoms with van der Waals surface area (Å²) < 4.78 is 11.3. The number of allylic oxidation sites excluding steroid dienone is 5. The quantitative estimate of drug-likeness (QED) is 0.0261. The van der Waals surface area contributed by atoms with Crippen molar-refractivity contribution in [2.75, 3.05) is 13.2 Å². The van der Waals surface area contributed by atoms with Crippen molar-refractivity contribution < 1.29 is 39.8 Å². The molecule has 0 aromatic rings. The molecule has 448 valence electrons. The molecule has 0 aromatic heterocycles. The topological polar surface area (TPSA) is 149 Å². The lowest BCUT2D eigenvalue weighted by Crippen LogP contribution is -2.60. The van der Waals surface area contributed by atoms with E-state index in [9.17, 15) is 30.3 Å². The Bertz CT molecular complexity index is 1290. The van der Waals surface area contributed by atoms with E-state index < -0.39 is 49.5 Å². The van der Waals surface area contributed by atoms with Gasteiger partial charge < -0.3 is 40.3 Å². The number of rotatable bonds is 58. The van der Waals surface area contributed by atoms with E-state index in [4.69, 9.17) is 9.47 Å². The number of carbonyl (C=O) groups is 1. The van der Waals surface area contributed by atoms with Crippen LogP contribution in [-0.4, -0.2) is 87.5 Å². The number of aliphatic hydroxyl groups excluding tert-OH is 5. The van der Waals surface area contributed by atoms with Gasteiger partial charge in [-0.25, -0.2) is 0 Å². The molecule has 76 heavy (non-hydrogen) atoms. The van der Waals surface area contributed by atoms with Gasteiger partial charge in [0.2, 0.25) is 5.91 Å². The van der Waals surface area contributed by atoms with Gasteiger partial charge in [-0.05, 0) is 57.8 Å². The van der Waals surface area contributed by atoms with Gasteiger partial charge in [-0.1, -0.05) is 301 Å². The fourth-order valence-corrected chi connectivity index (χ4v) is 10.7. The molecule has 0 aliphatic carbocycles. The van der Waals surface area contributed by atoms with E-state index in [1.807, 2.05) is 6.08 Å². The molecular formula is C67H127NO8. The van der Waals surface area contributed by atoms with Crippen LogP contribution in [0.5, 0.6) is 0 Å². The Hall–Kier alpha value is -1.59. The van der Waals surface area contributed by atoms with E-state index in [0.29, 0.717) is 6.42 Å². The average molecular weight is 1070 g/mol. The van der Waals surface area contributed by atoms with Crippen LogP contribution >= 0.6 is 0 Å². The zero-order chi connectivity index (χ0) is 55.0. The second-order valence-corrected chi connectivity index (χ2v) is 23.3. The lowest BCUT2D eigenvalue weighted by atomic mass is 9.99. The minimum Gasteiger partial charge on any atom is -0.394 e. The highest BCUT2D eigenvalue weighted by molar-refractivity contribution is 5.76. The van der Waals surface area contributed by atoms with Crippen LogP contribution in [0, 0.1) is 0 Å². The highest BCUT2D eigenvalue weighted by Crippen LogP contribution is 2.23. The second kappa shape index (κ2) is 56.7. The molecule has 1 rings (SSSR count). The van der Waals surface area contributed by atoms with Crippen LogP contribution < -0.4 is 5.32 Å². The lowest BCUT2D eigenvalue weighted by molar-refractivity contribution is -0.302. The lowest BCUT2D eigenvalue weighted by Gasteiger charge is -2.40. The molecule has 1 fully saturated rings. The monoisotopic (exact) mass is 1070 g/mol. The van der Waals surface area contributed by atoms with Crippen molar-refractivity contribution in [3.8, 4) is 0 Å². The first-order chi connectivity index (χ1) is 37.3. The van der Waals surface area contributed by atoms with Crippen LogP contribution in [0.25, 0.3) is 0 Å². The number of hydrogen-bond donors (Lipinski definition) is 6. The second-order valence-electron chi connectivity index (χ2n) is 23.3. The van der Waals surface area contributed by atoms with Crippen LogP contribution in [0.4, 0.5) is 0 Å². The average Bonchev–Trinajstić information content (AvgIpc) is 3.42. The van der Waals surface area contributed by atoms with Gasteiger partial charge >= 0.3 is 0 Å². The molecule has 1 amide bonds. The third-order valence-electron chi connectivity index (χ3n) is 15.9. The predicted molar refractivity (Wildman–Crippen MR) is 323 cm³/mol. The van der Waals surface area contributed by atoms with E-state index in [2.05, 4.69) is 43.5 Å². The van der Waals surface area contributed by atoms with Crippen molar-refractivity contribution in [1.29, 1.82) is 0 Å². The van der Waals surface area contributed by atoms with Gasteiger partial charge in [0.25, 0.3) is 0 Å². The Morgan fingerprint density at radius 1 is 0.434 bits per heavy atom. The maximum absolute atomic E-state index is 13.1. The Morgan fingerprint density at radius 2 is 0.750 bits per heavy atom. The number of aliphatic hydroxyl groups is 5. The van der Waals surface area contributed by atoms with E-state index >= 15 is 0 Å². The summed E-state index contributed by atoms with van der Waals surface area (Å²) in [5, 5.41) is 54.6. The van der Waals surface area contributed by atoms with Crippen molar-refractivity contribution in [3.63, 3.8) is 0 Å². The molecule has 0 radical (unpaired) electrons. The molecule has 7 unspecified atom stereocenters. The Kier molecular flexibility index (Phi) is 54.0. The minimum absolute atomic E-state index is 0.181. The van der Waals surface area contributed by atoms with Gasteiger partial charge in [-0.3, -0.25) is 4.79 Å². The number of nitrogens with one attached hydrogen (secondary N) is 1. The first kappa shape index (κ1) is 72.4. The van der Waals surface area contributed by atoms with Crippen molar-refractivity contribution >= 4 is 5.91 Å². The van der Waals surface area contributed by atoms with Crippen LogP contribution in [0.3, 0.4) is 0 Å². The minimum atomic E-state index is -1.57. The predicted octanol–water partition coefficient (Wildman–Crippen LogP) is 17.5.